The van der Waals surface area contributed by atoms with Crippen molar-refractivity contribution in [1.29, 1.82) is 0 Å². The zero-order valence-electron chi connectivity index (χ0n) is 14.2. The first-order valence-corrected chi connectivity index (χ1v) is 9.41. The average molecular weight is 336 g/mol. The van der Waals surface area contributed by atoms with Gasteiger partial charge in [-0.05, 0) is 62.7 Å². The molecule has 6 heteroatoms. The monoisotopic (exact) mass is 336 g/mol. The molecule has 2 bridgehead atoms. The lowest BCUT2D eigenvalue weighted by Gasteiger charge is -2.32. The van der Waals surface area contributed by atoms with Gasteiger partial charge in [0.25, 0.3) is 0 Å². The summed E-state index contributed by atoms with van der Waals surface area (Å²) in [5.74, 6) is 0.414. The number of carbonyl (C=O) groups excluding carboxylic acids is 1. The maximum absolute atomic E-state index is 12.4. The van der Waals surface area contributed by atoms with E-state index < -0.39 is 17.0 Å². The Morgan fingerprint density at radius 2 is 2.04 bits per heavy atom. The minimum absolute atomic E-state index is 0.0931. The van der Waals surface area contributed by atoms with Crippen LogP contribution >= 0.6 is 0 Å². The van der Waals surface area contributed by atoms with E-state index in [1.165, 1.54) is 6.42 Å². The van der Waals surface area contributed by atoms with Crippen molar-refractivity contribution in [3.63, 3.8) is 0 Å². The standard InChI is InChI=1S/C18H28N2O4/c21-15(22)17-5-1-2-14(17)10-20(11-17)16(23)19-7-6-18(24)9-12-3-4-13(18)8-12/h12-14,24H,1-11H2,(H,19,23)(H,21,22)/t12?,13?,14-,17+,18?/m0/s1. The summed E-state index contributed by atoms with van der Waals surface area (Å²) in [6.07, 6.45) is 7.51. The molecule has 4 fully saturated rings. The zero-order chi connectivity index (χ0) is 16.9. The van der Waals surface area contributed by atoms with Gasteiger partial charge < -0.3 is 20.4 Å². The van der Waals surface area contributed by atoms with Gasteiger partial charge in [-0.3, -0.25) is 4.79 Å². The SMILES string of the molecule is O=C(NCCC1(O)CC2CCC1C2)N1C[C@@H]2CCC[C@@]2(C(=O)O)C1. The van der Waals surface area contributed by atoms with Crippen LogP contribution in [0.5, 0.6) is 0 Å². The predicted octanol–water partition coefficient (Wildman–Crippen LogP) is 1.82. The fourth-order valence-electron chi connectivity index (χ4n) is 6.01. The van der Waals surface area contributed by atoms with Crippen molar-refractivity contribution in [2.75, 3.05) is 19.6 Å². The third kappa shape index (κ3) is 2.41. The first-order chi connectivity index (χ1) is 11.4. The lowest BCUT2D eigenvalue weighted by Crippen LogP contribution is -2.44. The van der Waals surface area contributed by atoms with Gasteiger partial charge in [-0.25, -0.2) is 4.79 Å². The molecule has 2 amide bonds. The van der Waals surface area contributed by atoms with Crippen LogP contribution in [0.3, 0.4) is 0 Å². The number of carboxylic acids is 1. The summed E-state index contributed by atoms with van der Waals surface area (Å²) >= 11 is 0. The Hall–Kier alpha value is -1.30. The molecule has 1 heterocycles. The van der Waals surface area contributed by atoms with Crippen LogP contribution in [0, 0.1) is 23.2 Å². The van der Waals surface area contributed by atoms with Gasteiger partial charge in [0.1, 0.15) is 0 Å². The van der Waals surface area contributed by atoms with E-state index in [4.69, 9.17) is 0 Å². The van der Waals surface area contributed by atoms with Gasteiger partial charge in [-0.15, -0.1) is 0 Å². The molecule has 3 saturated carbocycles. The van der Waals surface area contributed by atoms with Crippen molar-refractivity contribution in [1.82, 2.24) is 10.2 Å². The largest absolute Gasteiger partial charge is 0.481 e. The first kappa shape index (κ1) is 16.2. The van der Waals surface area contributed by atoms with Crippen LogP contribution in [-0.4, -0.2) is 52.3 Å². The average Bonchev–Trinajstić information content (AvgIpc) is 3.24. The fourth-order valence-corrected chi connectivity index (χ4v) is 6.01. The number of carboxylic acid groups (broad SMARTS) is 1. The van der Waals surface area contributed by atoms with E-state index in [0.717, 1.165) is 32.1 Å². The highest BCUT2D eigenvalue weighted by atomic mass is 16.4. The van der Waals surface area contributed by atoms with E-state index in [9.17, 15) is 19.8 Å². The van der Waals surface area contributed by atoms with E-state index in [0.29, 0.717) is 44.3 Å². The molecule has 0 aromatic carbocycles. The molecule has 0 aromatic heterocycles. The number of amides is 2. The summed E-state index contributed by atoms with van der Waals surface area (Å²) in [7, 11) is 0. The quantitative estimate of drug-likeness (QED) is 0.730. The number of hydrogen-bond donors (Lipinski definition) is 3. The molecule has 3 N–H and O–H groups in total. The Balaban J connectivity index is 1.29. The van der Waals surface area contributed by atoms with Crippen molar-refractivity contribution in [2.45, 2.75) is 57.0 Å². The molecule has 0 radical (unpaired) electrons. The number of rotatable bonds is 4. The Kier molecular flexibility index (Phi) is 3.79. The second-order valence-electron chi connectivity index (χ2n) is 8.60. The molecule has 0 aromatic rings. The van der Waals surface area contributed by atoms with Gasteiger partial charge in [0.2, 0.25) is 0 Å². The molecule has 0 spiro atoms. The van der Waals surface area contributed by atoms with Crippen molar-refractivity contribution in [3.05, 3.63) is 0 Å². The number of likely N-dealkylation sites (tertiary alicyclic amines) is 1. The van der Waals surface area contributed by atoms with E-state index in [1.54, 1.807) is 4.90 Å². The van der Waals surface area contributed by atoms with E-state index in [2.05, 4.69) is 5.32 Å². The summed E-state index contributed by atoms with van der Waals surface area (Å²) in [6, 6.07) is -0.170. The highest BCUT2D eigenvalue weighted by Gasteiger charge is 2.56. The van der Waals surface area contributed by atoms with Crippen LogP contribution in [0.4, 0.5) is 4.79 Å². The zero-order valence-corrected chi connectivity index (χ0v) is 14.2. The normalized spacial score (nSPS) is 43.2. The van der Waals surface area contributed by atoms with Crippen LogP contribution in [0.1, 0.15) is 51.4 Å². The van der Waals surface area contributed by atoms with Crippen LogP contribution in [0.25, 0.3) is 0 Å². The summed E-state index contributed by atoms with van der Waals surface area (Å²) in [5.41, 5.74) is -1.32. The topological polar surface area (TPSA) is 89.9 Å². The van der Waals surface area contributed by atoms with Crippen molar-refractivity contribution < 1.29 is 19.8 Å². The van der Waals surface area contributed by atoms with Crippen LogP contribution in [0.2, 0.25) is 0 Å². The van der Waals surface area contributed by atoms with Gasteiger partial charge >= 0.3 is 12.0 Å². The summed E-state index contributed by atoms with van der Waals surface area (Å²) < 4.78 is 0. The predicted molar refractivity (Wildman–Crippen MR) is 87.4 cm³/mol. The summed E-state index contributed by atoms with van der Waals surface area (Å²) in [6.45, 7) is 1.35. The Morgan fingerprint density at radius 1 is 1.21 bits per heavy atom. The van der Waals surface area contributed by atoms with E-state index in [-0.39, 0.29) is 11.9 Å². The molecule has 6 nitrogen and oxygen atoms in total. The lowest BCUT2D eigenvalue weighted by molar-refractivity contribution is -0.149. The maximum atomic E-state index is 12.4. The van der Waals surface area contributed by atoms with Crippen molar-refractivity contribution >= 4 is 12.0 Å². The number of fused-ring (bicyclic) bond motifs is 3. The van der Waals surface area contributed by atoms with Gasteiger partial charge in [0.05, 0.1) is 11.0 Å². The molecular weight excluding hydrogens is 308 g/mol. The van der Waals surface area contributed by atoms with E-state index in [1.807, 2.05) is 0 Å². The molecule has 1 saturated heterocycles. The number of aliphatic carboxylic acids is 1. The Bertz CT molecular complexity index is 553. The number of aliphatic hydroxyl groups is 1. The molecule has 3 aliphatic carbocycles. The smallest absolute Gasteiger partial charge is 0.317 e. The van der Waals surface area contributed by atoms with Crippen LogP contribution in [-0.2, 0) is 4.79 Å². The molecule has 134 valence electrons. The highest BCUT2D eigenvalue weighted by Crippen LogP contribution is 2.52. The molecule has 3 unspecified atom stereocenters. The minimum atomic E-state index is -0.753. The van der Waals surface area contributed by atoms with Gasteiger partial charge in [0, 0.05) is 19.6 Å². The molecule has 5 atom stereocenters. The molecule has 4 aliphatic rings. The third-order valence-electron chi connectivity index (χ3n) is 7.36. The second kappa shape index (κ2) is 5.61. The van der Waals surface area contributed by atoms with Crippen LogP contribution in [0.15, 0.2) is 0 Å². The van der Waals surface area contributed by atoms with Gasteiger partial charge in [-0.2, -0.15) is 0 Å². The lowest BCUT2D eigenvalue weighted by atomic mass is 9.81. The van der Waals surface area contributed by atoms with Crippen molar-refractivity contribution in [2.24, 2.45) is 23.2 Å². The number of nitrogens with zero attached hydrogens (tertiary/aromatic N) is 1. The summed E-state index contributed by atoms with van der Waals surface area (Å²) in [4.78, 5) is 25.8. The van der Waals surface area contributed by atoms with E-state index >= 15 is 0 Å². The molecule has 4 rings (SSSR count). The van der Waals surface area contributed by atoms with Crippen molar-refractivity contribution in [3.8, 4) is 0 Å². The second-order valence-corrected chi connectivity index (χ2v) is 8.60. The molecule has 24 heavy (non-hydrogen) atoms. The highest BCUT2D eigenvalue weighted by molar-refractivity contribution is 5.80. The number of carbonyl (C=O) groups is 2. The third-order valence-corrected chi connectivity index (χ3v) is 7.36. The van der Waals surface area contributed by atoms with Crippen LogP contribution < -0.4 is 5.32 Å². The molecular formula is C18H28N2O4. The number of hydrogen-bond acceptors (Lipinski definition) is 3. The number of nitrogens with one attached hydrogen (secondary N) is 1. The minimum Gasteiger partial charge on any atom is -0.481 e. The Labute approximate surface area is 142 Å². The summed E-state index contributed by atoms with van der Waals surface area (Å²) in [5, 5.41) is 23.3. The Morgan fingerprint density at radius 3 is 2.67 bits per heavy atom. The first-order valence-electron chi connectivity index (χ1n) is 9.41. The fraction of sp³-hybridized carbons (Fsp3) is 0.889. The van der Waals surface area contributed by atoms with Gasteiger partial charge in [0.15, 0.2) is 0 Å². The maximum Gasteiger partial charge on any atom is 0.317 e. The molecule has 1 aliphatic heterocycles. The van der Waals surface area contributed by atoms with Gasteiger partial charge in [-0.1, -0.05) is 6.42 Å². The number of urea groups is 1.